The third-order valence-electron chi connectivity index (χ3n) is 1.54. The first-order chi connectivity index (χ1) is 6.32. The van der Waals surface area contributed by atoms with Crippen molar-refractivity contribution in [2.24, 2.45) is 0 Å². The fourth-order valence-electron chi connectivity index (χ4n) is 0.876. The van der Waals surface area contributed by atoms with Crippen molar-refractivity contribution >= 4 is 5.91 Å². The van der Waals surface area contributed by atoms with Crippen LogP contribution in [0, 0.1) is 5.82 Å². The van der Waals surface area contributed by atoms with Crippen LogP contribution in [0.3, 0.4) is 0 Å². The first-order valence-electron chi connectivity index (χ1n) is 3.45. The van der Waals surface area contributed by atoms with Crippen LogP contribution in [-0.2, 0) is 6.18 Å². The van der Waals surface area contributed by atoms with E-state index in [1.807, 2.05) is 0 Å². The van der Waals surface area contributed by atoms with Gasteiger partial charge in [-0.25, -0.2) is 4.39 Å². The van der Waals surface area contributed by atoms with Crippen LogP contribution in [0.4, 0.5) is 17.6 Å². The molecular weight excluding hydrogens is 202 g/mol. The molecule has 0 unspecified atom stereocenters. The summed E-state index contributed by atoms with van der Waals surface area (Å²) >= 11 is 0. The molecule has 0 aliphatic carbocycles. The van der Waals surface area contributed by atoms with Gasteiger partial charge in [-0.3, -0.25) is 10.5 Å². The Morgan fingerprint density at radius 3 is 2.29 bits per heavy atom. The van der Waals surface area contributed by atoms with Crippen LogP contribution in [0.15, 0.2) is 18.2 Å². The van der Waals surface area contributed by atoms with Crippen LogP contribution < -0.4 is 5.73 Å². The van der Waals surface area contributed by atoms with E-state index in [0.29, 0.717) is 18.2 Å². The molecule has 2 nitrogen and oxygen atoms in total. The second-order valence-electron chi connectivity index (χ2n) is 2.52. The van der Waals surface area contributed by atoms with Gasteiger partial charge in [0.1, 0.15) is 5.82 Å². The summed E-state index contributed by atoms with van der Waals surface area (Å²) in [7, 11) is 0. The lowest BCUT2D eigenvalue weighted by Crippen LogP contribution is -2.09. The van der Waals surface area contributed by atoms with Crippen molar-refractivity contribution in [3.8, 4) is 0 Å². The largest absolute Gasteiger partial charge is 0.416 e. The van der Waals surface area contributed by atoms with Gasteiger partial charge in [0.15, 0.2) is 0 Å². The Morgan fingerprint density at radius 2 is 1.86 bits per heavy atom. The zero-order valence-corrected chi connectivity index (χ0v) is 6.65. The van der Waals surface area contributed by atoms with E-state index < -0.39 is 29.0 Å². The highest BCUT2D eigenvalue weighted by molar-refractivity contribution is 5.92. The Hall–Kier alpha value is -1.59. The Morgan fingerprint density at radius 1 is 1.29 bits per heavy atom. The van der Waals surface area contributed by atoms with E-state index >= 15 is 0 Å². The quantitative estimate of drug-likeness (QED) is 0.649. The minimum Gasteiger partial charge on any atom is -0.267 e. The Kier molecular flexibility index (Phi) is 2.46. The summed E-state index contributed by atoms with van der Waals surface area (Å²) in [5.41, 5.74) is 4.50. The van der Waals surface area contributed by atoms with Crippen molar-refractivity contribution in [3.63, 3.8) is 0 Å². The SMILES string of the molecule is [NH]C(=O)c1cc(C(F)(F)F)ccc1F. The number of nitrogens with one attached hydrogen (secondary N) is 1. The summed E-state index contributed by atoms with van der Waals surface area (Å²) in [6.45, 7) is 0. The molecule has 0 fully saturated rings. The predicted molar refractivity (Wildman–Crippen MR) is 38.8 cm³/mol. The number of halogens is 4. The van der Waals surface area contributed by atoms with E-state index in [1.54, 1.807) is 0 Å². The number of amides is 1. The van der Waals surface area contributed by atoms with Gasteiger partial charge in [-0.05, 0) is 18.2 Å². The zero-order chi connectivity index (χ0) is 10.9. The van der Waals surface area contributed by atoms with Crippen molar-refractivity contribution in [1.82, 2.24) is 5.73 Å². The van der Waals surface area contributed by atoms with Gasteiger partial charge in [0, 0.05) is 0 Å². The zero-order valence-electron chi connectivity index (χ0n) is 6.65. The van der Waals surface area contributed by atoms with E-state index in [1.165, 1.54) is 0 Å². The standard InChI is InChI=1S/C8H4F4NO/c9-6-2-1-4(8(10,11)12)3-5(6)7(13)14/h1-3,13H. The molecule has 0 aromatic heterocycles. The van der Waals surface area contributed by atoms with Gasteiger partial charge in [0.25, 0.3) is 5.91 Å². The fourth-order valence-corrected chi connectivity index (χ4v) is 0.876. The van der Waals surface area contributed by atoms with Crippen molar-refractivity contribution in [2.45, 2.75) is 6.18 Å². The maximum absolute atomic E-state index is 12.7. The van der Waals surface area contributed by atoms with E-state index in [4.69, 9.17) is 5.73 Å². The first-order valence-corrected chi connectivity index (χ1v) is 3.45. The van der Waals surface area contributed by atoms with Gasteiger partial charge in [0.05, 0.1) is 11.1 Å². The van der Waals surface area contributed by atoms with Gasteiger partial charge < -0.3 is 0 Å². The molecule has 0 heterocycles. The summed E-state index contributed by atoms with van der Waals surface area (Å²) in [5, 5.41) is 0. The summed E-state index contributed by atoms with van der Waals surface area (Å²) < 4.78 is 48.9. The molecule has 1 rings (SSSR count). The van der Waals surface area contributed by atoms with E-state index in [-0.39, 0.29) is 0 Å². The number of carbonyl (C=O) groups excluding carboxylic acids is 1. The summed E-state index contributed by atoms with van der Waals surface area (Å²) in [6.07, 6.45) is -4.64. The third-order valence-corrected chi connectivity index (χ3v) is 1.54. The summed E-state index contributed by atoms with van der Waals surface area (Å²) in [6, 6.07) is 1.36. The second kappa shape index (κ2) is 3.28. The average Bonchev–Trinajstić information content (AvgIpc) is 2.02. The van der Waals surface area contributed by atoms with Crippen molar-refractivity contribution < 1.29 is 22.4 Å². The highest BCUT2D eigenvalue weighted by Gasteiger charge is 2.31. The van der Waals surface area contributed by atoms with Crippen LogP contribution >= 0.6 is 0 Å². The molecule has 6 heteroatoms. The molecule has 0 aliphatic rings. The molecule has 0 bridgehead atoms. The number of hydrogen-bond donors (Lipinski definition) is 0. The second-order valence-corrected chi connectivity index (χ2v) is 2.52. The van der Waals surface area contributed by atoms with Gasteiger partial charge in [-0.2, -0.15) is 13.2 Å². The predicted octanol–water partition coefficient (Wildman–Crippen LogP) is 2.27. The Bertz CT molecular complexity index is 372. The Labute approximate surface area is 76.3 Å². The highest BCUT2D eigenvalue weighted by Crippen LogP contribution is 2.30. The molecule has 0 saturated carbocycles. The van der Waals surface area contributed by atoms with Crippen LogP contribution in [-0.4, -0.2) is 5.91 Å². The van der Waals surface area contributed by atoms with Crippen LogP contribution in [0.2, 0.25) is 0 Å². The van der Waals surface area contributed by atoms with E-state index in [2.05, 4.69) is 0 Å². The van der Waals surface area contributed by atoms with Crippen LogP contribution in [0.25, 0.3) is 0 Å². The van der Waals surface area contributed by atoms with Gasteiger partial charge in [-0.1, -0.05) is 0 Å². The average molecular weight is 206 g/mol. The van der Waals surface area contributed by atoms with Crippen molar-refractivity contribution in [2.75, 3.05) is 0 Å². The molecule has 0 spiro atoms. The minimum absolute atomic E-state index is 0.324. The number of alkyl halides is 3. The van der Waals surface area contributed by atoms with Gasteiger partial charge in [0.2, 0.25) is 0 Å². The lowest BCUT2D eigenvalue weighted by atomic mass is 10.1. The third kappa shape index (κ3) is 2.01. The molecule has 0 saturated heterocycles. The van der Waals surface area contributed by atoms with E-state index in [9.17, 15) is 22.4 Å². The molecule has 1 amide bonds. The fraction of sp³-hybridized carbons (Fsp3) is 0.125. The first kappa shape index (κ1) is 10.5. The smallest absolute Gasteiger partial charge is 0.267 e. The minimum atomic E-state index is -4.64. The lowest BCUT2D eigenvalue weighted by molar-refractivity contribution is -0.137. The summed E-state index contributed by atoms with van der Waals surface area (Å²) in [5.74, 6) is -2.61. The summed E-state index contributed by atoms with van der Waals surface area (Å²) in [4.78, 5) is 10.4. The molecule has 1 aromatic carbocycles. The topological polar surface area (TPSA) is 40.9 Å². The Balaban J connectivity index is 3.27. The lowest BCUT2D eigenvalue weighted by Gasteiger charge is -2.07. The molecule has 1 radical (unpaired) electrons. The number of benzene rings is 1. The normalized spacial score (nSPS) is 11.4. The van der Waals surface area contributed by atoms with Gasteiger partial charge in [-0.15, -0.1) is 0 Å². The van der Waals surface area contributed by atoms with Crippen LogP contribution in [0.1, 0.15) is 15.9 Å². The molecule has 0 aliphatic heterocycles. The maximum atomic E-state index is 12.7. The number of rotatable bonds is 1. The molecule has 75 valence electrons. The van der Waals surface area contributed by atoms with Gasteiger partial charge >= 0.3 is 6.18 Å². The number of carbonyl (C=O) groups is 1. The molecule has 0 atom stereocenters. The van der Waals surface area contributed by atoms with Crippen molar-refractivity contribution in [3.05, 3.63) is 35.1 Å². The highest BCUT2D eigenvalue weighted by atomic mass is 19.4. The molecule has 1 N–H and O–H groups in total. The molecule has 1 aromatic rings. The monoisotopic (exact) mass is 206 g/mol. The van der Waals surface area contributed by atoms with Crippen molar-refractivity contribution in [1.29, 1.82) is 0 Å². The number of hydrogen-bond acceptors (Lipinski definition) is 1. The molecule has 14 heavy (non-hydrogen) atoms. The van der Waals surface area contributed by atoms with Crippen LogP contribution in [0.5, 0.6) is 0 Å². The van der Waals surface area contributed by atoms with E-state index in [0.717, 1.165) is 0 Å². The molecular formula is C8H4F4NO. The maximum Gasteiger partial charge on any atom is 0.416 e.